The van der Waals surface area contributed by atoms with Gasteiger partial charge in [0.05, 0.1) is 17.2 Å². The molecule has 1 fully saturated rings. The number of nitrogens with two attached hydrogens (primary N) is 1. The van der Waals surface area contributed by atoms with Gasteiger partial charge in [-0.25, -0.2) is 18.5 Å². The molecule has 0 amide bonds. The van der Waals surface area contributed by atoms with E-state index in [1.807, 2.05) is 11.8 Å². The second-order valence-electron chi connectivity index (χ2n) is 6.47. The van der Waals surface area contributed by atoms with E-state index in [0.29, 0.717) is 30.0 Å². The molecule has 0 bridgehead atoms. The van der Waals surface area contributed by atoms with Crippen molar-refractivity contribution in [2.45, 2.75) is 36.8 Å². The first kappa shape index (κ1) is 19.0. The number of piperidine rings is 1. The van der Waals surface area contributed by atoms with Crippen molar-refractivity contribution in [1.82, 2.24) is 9.97 Å². The zero-order valence-electron chi connectivity index (χ0n) is 14.7. The standard InChI is InChI=1S/C17H20N6O3S/c1-11-2-5-14(24)10-23(11)16-12(8-18)9-20-17(22-16)21-13-3-6-15(7-4-13)27(19,25)26/h3-4,6-7,9,11,14,24H,2,5,10H2,1H3,(H2,19,25,26)(H,20,21,22)/t11-,14+/m1/s1. The number of anilines is 3. The van der Waals surface area contributed by atoms with Gasteiger partial charge in [0.15, 0.2) is 5.82 Å². The predicted molar refractivity (Wildman–Crippen MR) is 99.9 cm³/mol. The van der Waals surface area contributed by atoms with Crippen molar-refractivity contribution >= 4 is 27.5 Å². The molecule has 2 heterocycles. The second kappa shape index (κ2) is 7.48. The fourth-order valence-corrected chi connectivity index (χ4v) is 3.49. The second-order valence-corrected chi connectivity index (χ2v) is 8.03. The van der Waals surface area contributed by atoms with Crippen molar-refractivity contribution in [3.63, 3.8) is 0 Å². The summed E-state index contributed by atoms with van der Waals surface area (Å²) in [6.45, 7) is 2.42. The van der Waals surface area contributed by atoms with Gasteiger partial charge in [-0.3, -0.25) is 0 Å². The SMILES string of the molecule is C[C@@H]1CC[C@H](O)CN1c1nc(Nc2ccc(S(N)(=O)=O)cc2)ncc1C#N. The Balaban J connectivity index is 1.88. The van der Waals surface area contributed by atoms with E-state index in [9.17, 15) is 18.8 Å². The van der Waals surface area contributed by atoms with Gasteiger partial charge >= 0.3 is 0 Å². The lowest BCUT2D eigenvalue weighted by Gasteiger charge is -2.37. The van der Waals surface area contributed by atoms with Crippen molar-refractivity contribution in [3.05, 3.63) is 36.0 Å². The highest BCUT2D eigenvalue weighted by atomic mass is 32.2. The molecule has 27 heavy (non-hydrogen) atoms. The summed E-state index contributed by atoms with van der Waals surface area (Å²) < 4.78 is 22.7. The van der Waals surface area contributed by atoms with Gasteiger partial charge < -0.3 is 15.3 Å². The van der Waals surface area contributed by atoms with Gasteiger partial charge in [-0.1, -0.05) is 0 Å². The van der Waals surface area contributed by atoms with E-state index in [1.54, 1.807) is 12.1 Å². The molecule has 2 aromatic rings. The van der Waals surface area contributed by atoms with Gasteiger partial charge in [0.1, 0.15) is 11.6 Å². The molecule has 1 aromatic heterocycles. The lowest BCUT2D eigenvalue weighted by Crippen LogP contribution is -2.45. The van der Waals surface area contributed by atoms with Crippen LogP contribution in [0.15, 0.2) is 35.4 Å². The van der Waals surface area contributed by atoms with E-state index in [0.717, 1.165) is 6.42 Å². The number of primary sulfonamides is 1. The molecule has 0 spiro atoms. The number of aromatic nitrogens is 2. The summed E-state index contributed by atoms with van der Waals surface area (Å²) in [5, 5.41) is 27.4. The minimum Gasteiger partial charge on any atom is -0.391 e. The molecule has 0 aliphatic carbocycles. The van der Waals surface area contributed by atoms with Crippen molar-refractivity contribution in [3.8, 4) is 6.07 Å². The maximum atomic E-state index is 11.3. The molecule has 0 saturated carbocycles. The number of nitrogens with zero attached hydrogens (tertiary/aromatic N) is 4. The maximum Gasteiger partial charge on any atom is 0.238 e. The van der Waals surface area contributed by atoms with E-state index in [4.69, 9.17) is 5.14 Å². The Bertz CT molecular complexity index is 971. The molecular formula is C17H20N6O3S. The molecule has 1 saturated heterocycles. The third-order valence-electron chi connectivity index (χ3n) is 4.46. The largest absolute Gasteiger partial charge is 0.391 e. The summed E-state index contributed by atoms with van der Waals surface area (Å²) in [6.07, 6.45) is 2.47. The molecule has 142 valence electrons. The van der Waals surface area contributed by atoms with Crippen LogP contribution < -0.4 is 15.4 Å². The van der Waals surface area contributed by atoms with Crippen molar-refractivity contribution in [1.29, 1.82) is 5.26 Å². The lowest BCUT2D eigenvalue weighted by molar-refractivity contribution is 0.143. The van der Waals surface area contributed by atoms with Gasteiger partial charge in [0, 0.05) is 18.3 Å². The molecule has 1 aromatic carbocycles. The molecule has 2 atom stereocenters. The summed E-state index contributed by atoms with van der Waals surface area (Å²) in [5.41, 5.74) is 0.899. The van der Waals surface area contributed by atoms with Gasteiger partial charge in [0.25, 0.3) is 0 Å². The highest BCUT2D eigenvalue weighted by molar-refractivity contribution is 7.89. The number of nitrogens with one attached hydrogen (secondary N) is 1. The third-order valence-corrected chi connectivity index (χ3v) is 5.39. The Morgan fingerprint density at radius 2 is 2.04 bits per heavy atom. The van der Waals surface area contributed by atoms with E-state index in [1.165, 1.54) is 18.3 Å². The summed E-state index contributed by atoms with van der Waals surface area (Å²) in [5.74, 6) is 0.724. The van der Waals surface area contributed by atoms with Gasteiger partial charge in [-0.2, -0.15) is 10.2 Å². The summed E-state index contributed by atoms with van der Waals surface area (Å²) in [6, 6.07) is 8.08. The molecule has 0 unspecified atom stereocenters. The Morgan fingerprint density at radius 1 is 1.33 bits per heavy atom. The van der Waals surface area contributed by atoms with Crippen LogP contribution in [0.1, 0.15) is 25.3 Å². The predicted octanol–water partition coefficient (Wildman–Crippen LogP) is 1.09. The zero-order chi connectivity index (χ0) is 19.6. The van der Waals surface area contributed by atoms with E-state index in [-0.39, 0.29) is 16.9 Å². The van der Waals surface area contributed by atoms with Gasteiger partial charge in [-0.05, 0) is 44.0 Å². The van der Waals surface area contributed by atoms with Crippen LogP contribution in [0.3, 0.4) is 0 Å². The number of hydrogen-bond acceptors (Lipinski definition) is 8. The quantitative estimate of drug-likeness (QED) is 0.705. The molecule has 1 aliphatic rings. The van der Waals surface area contributed by atoms with Crippen LogP contribution >= 0.6 is 0 Å². The van der Waals surface area contributed by atoms with Crippen molar-refractivity contribution in [2.75, 3.05) is 16.8 Å². The molecule has 3 rings (SSSR count). The lowest BCUT2D eigenvalue weighted by atomic mass is 10.0. The molecule has 10 heteroatoms. The zero-order valence-corrected chi connectivity index (χ0v) is 15.5. The summed E-state index contributed by atoms with van der Waals surface area (Å²) in [7, 11) is -3.76. The fourth-order valence-electron chi connectivity index (χ4n) is 2.97. The number of sulfonamides is 1. The highest BCUT2D eigenvalue weighted by Crippen LogP contribution is 2.27. The van der Waals surface area contributed by atoms with Crippen LogP contribution in [0, 0.1) is 11.3 Å². The Kier molecular flexibility index (Phi) is 5.27. The minimum atomic E-state index is -3.76. The van der Waals surface area contributed by atoms with Crippen LogP contribution in [0.4, 0.5) is 17.5 Å². The van der Waals surface area contributed by atoms with Crippen molar-refractivity contribution < 1.29 is 13.5 Å². The third kappa shape index (κ3) is 4.33. The Morgan fingerprint density at radius 3 is 2.67 bits per heavy atom. The van der Waals surface area contributed by atoms with Crippen LogP contribution in [0.2, 0.25) is 0 Å². The minimum absolute atomic E-state index is 0.00520. The maximum absolute atomic E-state index is 11.3. The molecular weight excluding hydrogens is 368 g/mol. The number of hydrogen-bond donors (Lipinski definition) is 3. The molecule has 9 nitrogen and oxygen atoms in total. The Hall–Kier alpha value is -2.74. The number of aliphatic hydroxyl groups excluding tert-OH is 1. The highest BCUT2D eigenvalue weighted by Gasteiger charge is 2.27. The molecule has 0 radical (unpaired) electrons. The number of rotatable bonds is 4. The Labute approximate surface area is 157 Å². The van der Waals surface area contributed by atoms with Gasteiger partial charge in [0.2, 0.25) is 16.0 Å². The topological polar surface area (TPSA) is 145 Å². The van der Waals surface area contributed by atoms with Crippen LogP contribution in [0.25, 0.3) is 0 Å². The average Bonchev–Trinajstić information content (AvgIpc) is 2.63. The van der Waals surface area contributed by atoms with E-state index in [2.05, 4.69) is 21.4 Å². The van der Waals surface area contributed by atoms with Crippen LogP contribution in [0.5, 0.6) is 0 Å². The first-order valence-corrected chi connectivity index (χ1v) is 9.94. The first-order chi connectivity index (χ1) is 12.8. The fraction of sp³-hybridized carbons (Fsp3) is 0.353. The monoisotopic (exact) mass is 388 g/mol. The summed E-state index contributed by atoms with van der Waals surface area (Å²) in [4.78, 5) is 10.5. The van der Waals surface area contributed by atoms with E-state index >= 15 is 0 Å². The first-order valence-electron chi connectivity index (χ1n) is 8.39. The van der Waals surface area contributed by atoms with Crippen LogP contribution in [-0.4, -0.2) is 42.2 Å². The molecule has 1 aliphatic heterocycles. The molecule has 4 N–H and O–H groups in total. The van der Waals surface area contributed by atoms with Crippen molar-refractivity contribution in [2.24, 2.45) is 5.14 Å². The summed E-state index contributed by atoms with van der Waals surface area (Å²) >= 11 is 0. The number of aliphatic hydroxyl groups is 1. The number of benzene rings is 1. The van der Waals surface area contributed by atoms with Crippen LogP contribution in [-0.2, 0) is 10.0 Å². The smallest absolute Gasteiger partial charge is 0.238 e. The number of nitriles is 1. The average molecular weight is 388 g/mol. The van der Waals surface area contributed by atoms with E-state index < -0.39 is 16.1 Å². The normalized spacial score (nSPS) is 20.1. The number of β-amino-alcohol motifs (C(OH)–C–C–N with tert-alkyl or cyclic N) is 1. The van der Waals surface area contributed by atoms with Gasteiger partial charge in [-0.15, -0.1) is 0 Å².